The summed E-state index contributed by atoms with van der Waals surface area (Å²) >= 11 is 0. The van der Waals surface area contributed by atoms with E-state index in [9.17, 15) is 14.7 Å². The third-order valence-electron chi connectivity index (χ3n) is 1.72. The van der Waals surface area contributed by atoms with Gasteiger partial charge < -0.3 is 14.7 Å². The van der Waals surface area contributed by atoms with Crippen molar-refractivity contribution in [3.63, 3.8) is 0 Å². The molecule has 0 aromatic rings. The first-order valence-corrected chi connectivity index (χ1v) is 3.92. The number of likely N-dealkylation sites (N-methyl/N-ethyl adjacent to an activating group) is 1. The summed E-state index contributed by atoms with van der Waals surface area (Å²) in [4.78, 5) is 23.6. The number of esters is 1. The predicted octanol–water partition coefficient (Wildman–Crippen LogP) is -0.166. The maximum Gasteiger partial charge on any atom is 0.347 e. The van der Waals surface area contributed by atoms with Gasteiger partial charge in [0.1, 0.15) is 5.76 Å². The number of aliphatic hydroxyl groups is 1. The Kier molecular flexibility index (Phi) is 2.55. The minimum absolute atomic E-state index is 0.0764. The fourth-order valence-electron chi connectivity index (χ4n) is 1.10. The quantitative estimate of drug-likeness (QED) is 0.479. The minimum Gasteiger partial charge on any atom is -0.509 e. The highest BCUT2D eigenvalue weighted by molar-refractivity contribution is 6.18. The summed E-state index contributed by atoms with van der Waals surface area (Å²) in [5, 5.41) is 9.24. The number of rotatable bonds is 2. The van der Waals surface area contributed by atoms with Gasteiger partial charge in [-0.05, 0) is 6.92 Å². The average molecular weight is 185 g/mol. The van der Waals surface area contributed by atoms with Crippen LogP contribution < -0.4 is 0 Å². The number of nitrogens with zero attached hydrogens (tertiary/aromatic N) is 1. The maximum absolute atomic E-state index is 11.2. The number of amides is 1. The molecule has 1 N–H and O–H groups in total. The molecule has 0 saturated heterocycles. The highest BCUT2D eigenvalue weighted by Gasteiger charge is 2.33. The van der Waals surface area contributed by atoms with Crippen LogP contribution in [0.15, 0.2) is 11.3 Å². The zero-order chi connectivity index (χ0) is 10.0. The van der Waals surface area contributed by atoms with E-state index in [4.69, 9.17) is 0 Å². The van der Waals surface area contributed by atoms with Crippen molar-refractivity contribution in [2.45, 2.75) is 6.92 Å². The van der Waals surface area contributed by atoms with Crippen molar-refractivity contribution in [3.05, 3.63) is 11.3 Å². The van der Waals surface area contributed by atoms with Crippen molar-refractivity contribution in [1.82, 2.24) is 4.90 Å². The lowest BCUT2D eigenvalue weighted by molar-refractivity contribution is -0.141. The van der Waals surface area contributed by atoms with E-state index < -0.39 is 11.9 Å². The Morgan fingerprint density at radius 1 is 1.69 bits per heavy atom. The van der Waals surface area contributed by atoms with Gasteiger partial charge in [-0.25, -0.2) is 4.79 Å². The summed E-state index contributed by atoms with van der Waals surface area (Å²) in [5.41, 5.74) is -0.246. The van der Waals surface area contributed by atoms with Crippen molar-refractivity contribution in [1.29, 1.82) is 0 Å². The molecule has 0 unspecified atom stereocenters. The van der Waals surface area contributed by atoms with Crippen LogP contribution in [0.5, 0.6) is 0 Å². The Hall–Kier alpha value is -1.52. The number of carbonyl (C=O) groups excluding carboxylic acids is 2. The largest absolute Gasteiger partial charge is 0.509 e. The second-order valence-corrected chi connectivity index (χ2v) is 2.70. The fraction of sp³-hybridized carbons (Fsp3) is 0.500. The lowest BCUT2D eigenvalue weighted by Gasteiger charge is -2.06. The van der Waals surface area contributed by atoms with Crippen molar-refractivity contribution in [2.24, 2.45) is 0 Å². The van der Waals surface area contributed by atoms with E-state index in [0.717, 1.165) is 0 Å². The van der Waals surface area contributed by atoms with Crippen LogP contribution in [0.4, 0.5) is 0 Å². The molecule has 5 heteroatoms. The summed E-state index contributed by atoms with van der Waals surface area (Å²) < 4.78 is 4.61. The number of ether oxygens (including phenoxy) is 1. The van der Waals surface area contributed by atoms with Crippen molar-refractivity contribution in [2.75, 3.05) is 20.2 Å². The molecule has 0 aliphatic carbocycles. The van der Waals surface area contributed by atoms with E-state index in [1.54, 1.807) is 6.92 Å². The molecule has 13 heavy (non-hydrogen) atoms. The number of hydrogen-bond donors (Lipinski definition) is 1. The van der Waals surface area contributed by atoms with Crippen molar-refractivity contribution < 1.29 is 19.4 Å². The molecule has 0 aromatic heterocycles. The predicted molar refractivity (Wildman–Crippen MR) is 43.9 cm³/mol. The first kappa shape index (κ1) is 9.57. The Morgan fingerprint density at radius 3 is 2.69 bits per heavy atom. The van der Waals surface area contributed by atoms with Gasteiger partial charge in [-0.3, -0.25) is 4.79 Å². The zero-order valence-corrected chi connectivity index (χ0v) is 7.53. The molecule has 0 spiro atoms. The first-order chi connectivity index (χ1) is 6.07. The van der Waals surface area contributed by atoms with Gasteiger partial charge in [0.2, 0.25) is 0 Å². The molecule has 0 atom stereocenters. The molecule has 5 nitrogen and oxygen atoms in total. The molecule has 1 rings (SSSR count). The molecular formula is C8H11NO4. The molecule has 72 valence electrons. The molecule has 0 bridgehead atoms. The highest BCUT2D eigenvalue weighted by atomic mass is 16.5. The first-order valence-electron chi connectivity index (χ1n) is 3.92. The second kappa shape index (κ2) is 3.47. The molecular weight excluding hydrogens is 174 g/mol. The van der Waals surface area contributed by atoms with Gasteiger partial charge in [0.15, 0.2) is 5.57 Å². The van der Waals surface area contributed by atoms with Crippen molar-refractivity contribution in [3.8, 4) is 0 Å². The molecule has 0 aromatic carbocycles. The Balaban J connectivity index is 2.84. The van der Waals surface area contributed by atoms with Gasteiger partial charge in [-0.15, -0.1) is 0 Å². The van der Waals surface area contributed by atoms with Gasteiger partial charge in [-0.1, -0.05) is 0 Å². The van der Waals surface area contributed by atoms with Crippen LogP contribution >= 0.6 is 0 Å². The van der Waals surface area contributed by atoms with Crippen LogP contribution in [0.3, 0.4) is 0 Å². The van der Waals surface area contributed by atoms with Crippen LogP contribution in [0.2, 0.25) is 0 Å². The molecule has 1 aliphatic heterocycles. The van der Waals surface area contributed by atoms with E-state index in [0.29, 0.717) is 0 Å². The molecule has 0 saturated carbocycles. The van der Waals surface area contributed by atoms with Gasteiger partial charge in [0.05, 0.1) is 13.2 Å². The van der Waals surface area contributed by atoms with Crippen LogP contribution in [-0.4, -0.2) is 42.1 Å². The Labute approximate surface area is 75.6 Å². The van der Waals surface area contributed by atoms with Gasteiger partial charge in [0, 0.05) is 7.05 Å². The van der Waals surface area contributed by atoms with Crippen LogP contribution in [-0.2, 0) is 14.3 Å². The molecule has 1 aliphatic rings. The minimum atomic E-state index is -0.755. The normalized spacial score (nSPS) is 16.8. The Morgan fingerprint density at radius 2 is 2.31 bits per heavy atom. The summed E-state index contributed by atoms with van der Waals surface area (Å²) in [6, 6.07) is 0. The summed E-state index contributed by atoms with van der Waals surface area (Å²) in [5.74, 6) is -1.46. The summed E-state index contributed by atoms with van der Waals surface area (Å²) in [7, 11) is 1.50. The van der Waals surface area contributed by atoms with Crippen LogP contribution in [0.25, 0.3) is 0 Å². The smallest absolute Gasteiger partial charge is 0.347 e. The molecule has 1 heterocycles. The van der Waals surface area contributed by atoms with E-state index in [2.05, 4.69) is 4.74 Å². The third-order valence-corrected chi connectivity index (χ3v) is 1.72. The monoisotopic (exact) mass is 185 g/mol. The number of hydrogen-bond acceptors (Lipinski definition) is 4. The average Bonchev–Trinajstić information content (AvgIpc) is 2.27. The molecule has 0 radical (unpaired) electrons. The topological polar surface area (TPSA) is 66.8 Å². The second-order valence-electron chi connectivity index (χ2n) is 2.70. The summed E-state index contributed by atoms with van der Waals surface area (Å²) in [6.07, 6.45) is 0. The lowest BCUT2D eigenvalue weighted by Crippen LogP contribution is -2.25. The summed E-state index contributed by atoms with van der Waals surface area (Å²) in [6.45, 7) is 1.90. The van der Waals surface area contributed by atoms with Gasteiger partial charge in [0.25, 0.3) is 5.91 Å². The van der Waals surface area contributed by atoms with Gasteiger partial charge in [-0.2, -0.15) is 0 Å². The maximum atomic E-state index is 11.2. The Bertz CT molecular complexity index is 282. The number of carbonyl (C=O) groups is 2. The number of aliphatic hydroxyl groups excluding tert-OH is 1. The highest BCUT2D eigenvalue weighted by Crippen LogP contribution is 2.16. The SMILES string of the molecule is CCOC(=O)C1=C(O)CN(C)C1=O. The van der Waals surface area contributed by atoms with E-state index in [-0.39, 0.29) is 24.5 Å². The van der Waals surface area contributed by atoms with Crippen molar-refractivity contribution >= 4 is 11.9 Å². The van der Waals surface area contributed by atoms with Crippen LogP contribution in [0.1, 0.15) is 6.92 Å². The van der Waals surface area contributed by atoms with E-state index in [1.807, 2.05) is 0 Å². The van der Waals surface area contributed by atoms with Gasteiger partial charge >= 0.3 is 5.97 Å². The third kappa shape index (κ3) is 1.63. The lowest BCUT2D eigenvalue weighted by atomic mass is 10.2. The van der Waals surface area contributed by atoms with E-state index in [1.165, 1.54) is 11.9 Å². The zero-order valence-electron chi connectivity index (χ0n) is 7.53. The van der Waals surface area contributed by atoms with Crippen LogP contribution in [0, 0.1) is 0 Å². The fourth-order valence-corrected chi connectivity index (χ4v) is 1.10. The molecule has 1 amide bonds. The molecule has 0 fully saturated rings. The standard InChI is InChI=1S/C8H11NO4/c1-3-13-8(12)6-5(10)4-9(2)7(6)11/h10H,3-4H2,1-2H3. The van der Waals surface area contributed by atoms with E-state index >= 15 is 0 Å².